The third-order valence-electron chi connectivity index (χ3n) is 3.27. The number of nitrogens with one attached hydrogen (secondary N) is 1. The summed E-state index contributed by atoms with van der Waals surface area (Å²) in [5.41, 5.74) is 4.04. The fourth-order valence-corrected chi connectivity index (χ4v) is 2.22. The molecule has 0 spiro atoms. The summed E-state index contributed by atoms with van der Waals surface area (Å²) >= 11 is 0. The van der Waals surface area contributed by atoms with E-state index in [1.165, 1.54) is 29.7 Å². The first-order valence-corrected chi connectivity index (χ1v) is 6.21. The minimum absolute atomic E-state index is 0.206. The zero-order valence-electron chi connectivity index (χ0n) is 10.2. The van der Waals surface area contributed by atoms with Crippen LogP contribution in [0.5, 0.6) is 0 Å². The van der Waals surface area contributed by atoms with Gasteiger partial charge in [0.05, 0.1) is 6.10 Å². The molecule has 0 radical (unpaired) electrons. The number of anilines is 1. The maximum atomic E-state index is 9.28. The lowest BCUT2D eigenvalue weighted by Gasteiger charge is -2.24. The maximum Gasteiger partial charge on any atom is 0.0515 e. The van der Waals surface area contributed by atoms with Crippen molar-refractivity contribution in [1.82, 2.24) is 0 Å². The molecule has 16 heavy (non-hydrogen) atoms. The fourth-order valence-electron chi connectivity index (χ4n) is 2.22. The van der Waals surface area contributed by atoms with Gasteiger partial charge < -0.3 is 10.4 Å². The van der Waals surface area contributed by atoms with Crippen molar-refractivity contribution < 1.29 is 5.11 Å². The molecular formula is C14H21NO. The molecule has 1 heterocycles. The van der Waals surface area contributed by atoms with Gasteiger partial charge in [-0.1, -0.05) is 12.1 Å². The topological polar surface area (TPSA) is 32.3 Å². The summed E-state index contributed by atoms with van der Waals surface area (Å²) in [7, 11) is 0. The molecule has 2 heteroatoms. The zero-order valence-corrected chi connectivity index (χ0v) is 10.2. The van der Waals surface area contributed by atoms with Gasteiger partial charge >= 0.3 is 0 Å². The Hall–Kier alpha value is -1.02. The van der Waals surface area contributed by atoms with Gasteiger partial charge in [0.2, 0.25) is 0 Å². The lowest BCUT2D eigenvalue weighted by molar-refractivity contribution is 0.185. The second-order valence-corrected chi connectivity index (χ2v) is 4.96. The van der Waals surface area contributed by atoms with Crippen molar-refractivity contribution in [2.75, 3.05) is 5.32 Å². The third kappa shape index (κ3) is 2.76. The van der Waals surface area contributed by atoms with E-state index in [9.17, 15) is 5.11 Å². The molecule has 2 nitrogen and oxygen atoms in total. The predicted octanol–water partition coefficient (Wildman–Crippen LogP) is 2.75. The number of rotatable bonds is 3. The molecule has 0 amide bonds. The van der Waals surface area contributed by atoms with Crippen LogP contribution in [0.25, 0.3) is 0 Å². The van der Waals surface area contributed by atoms with E-state index in [1.807, 2.05) is 6.92 Å². The normalized spacial score (nSPS) is 21.1. The van der Waals surface area contributed by atoms with Gasteiger partial charge in [0.1, 0.15) is 0 Å². The van der Waals surface area contributed by atoms with Crippen molar-refractivity contribution in [3.63, 3.8) is 0 Å². The summed E-state index contributed by atoms with van der Waals surface area (Å²) in [6, 6.07) is 7.25. The number of aliphatic hydroxyl groups excluding tert-OH is 1. The summed E-state index contributed by atoms with van der Waals surface area (Å²) in [6.07, 6.45) is 4.00. The molecule has 2 atom stereocenters. The largest absolute Gasteiger partial charge is 0.393 e. The first-order valence-electron chi connectivity index (χ1n) is 6.21. The molecule has 0 saturated carbocycles. The predicted molar refractivity (Wildman–Crippen MR) is 67.8 cm³/mol. The van der Waals surface area contributed by atoms with Gasteiger partial charge in [-0.15, -0.1) is 0 Å². The highest BCUT2D eigenvalue weighted by Gasteiger charge is 2.13. The van der Waals surface area contributed by atoms with Crippen LogP contribution in [0, 0.1) is 0 Å². The van der Waals surface area contributed by atoms with Crippen LogP contribution in [-0.2, 0) is 12.8 Å². The SMILES string of the molecule is C[C@@H](O)CCc1ccc2c(c1)N[C@@H](C)CC2. The number of aryl methyl sites for hydroxylation is 2. The van der Waals surface area contributed by atoms with Crippen LogP contribution in [0.2, 0.25) is 0 Å². The highest BCUT2D eigenvalue weighted by atomic mass is 16.3. The van der Waals surface area contributed by atoms with Crippen molar-refractivity contribution in [3.05, 3.63) is 29.3 Å². The van der Waals surface area contributed by atoms with E-state index in [2.05, 4.69) is 30.4 Å². The maximum absolute atomic E-state index is 9.28. The van der Waals surface area contributed by atoms with Gasteiger partial charge in [0, 0.05) is 11.7 Å². The third-order valence-corrected chi connectivity index (χ3v) is 3.27. The second kappa shape index (κ2) is 4.88. The van der Waals surface area contributed by atoms with Gasteiger partial charge in [-0.2, -0.15) is 0 Å². The average molecular weight is 219 g/mol. The Bertz CT molecular complexity index is 360. The first kappa shape index (κ1) is 11.5. The highest BCUT2D eigenvalue weighted by Crippen LogP contribution is 2.26. The van der Waals surface area contributed by atoms with Crippen molar-refractivity contribution in [2.24, 2.45) is 0 Å². The van der Waals surface area contributed by atoms with Gasteiger partial charge in [0.25, 0.3) is 0 Å². The Labute approximate surface area is 97.7 Å². The van der Waals surface area contributed by atoms with E-state index < -0.39 is 0 Å². The summed E-state index contributed by atoms with van der Waals surface area (Å²) in [4.78, 5) is 0. The van der Waals surface area contributed by atoms with Crippen LogP contribution in [0.3, 0.4) is 0 Å². The molecule has 0 bridgehead atoms. The molecule has 1 aliphatic heterocycles. The number of benzene rings is 1. The van der Waals surface area contributed by atoms with Crippen LogP contribution in [0.1, 0.15) is 37.8 Å². The fraction of sp³-hybridized carbons (Fsp3) is 0.571. The van der Waals surface area contributed by atoms with E-state index in [-0.39, 0.29) is 6.10 Å². The number of hydrogen-bond acceptors (Lipinski definition) is 2. The molecule has 0 saturated heterocycles. The smallest absolute Gasteiger partial charge is 0.0515 e. The van der Waals surface area contributed by atoms with E-state index in [0.29, 0.717) is 6.04 Å². The first-order chi connectivity index (χ1) is 7.65. The quantitative estimate of drug-likeness (QED) is 0.819. The van der Waals surface area contributed by atoms with Gasteiger partial charge in [-0.05, 0) is 56.7 Å². The second-order valence-electron chi connectivity index (χ2n) is 4.96. The van der Waals surface area contributed by atoms with Crippen molar-refractivity contribution in [2.45, 2.75) is 51.7 Å². The van der Waals surface area contributed by atoms with E-state index in [0.717, 1.165) is 12.8 Å². The molecule has 2 rings (SSSR count). The monoisotopic (exact) mass is 219 g/mol. The Morgan fingerprint density at radius 3 is 3.06 bits per heavy atom. The van der Waals surface area contributed by atoms with Crippen LogP contribution in [-0.4, -0.2) is 17.3 Å². The Morgan fingerprint density at radius 2 is 2.31 bits per heavy atom. The van der Waals surface area contributed by atoms with E-state index in [4.69, 9.17) is 0 Å². The number of hydrogen-bond donors (Lipinski definition) is 2. The van der Waals surface area contributed by atoms with Gasteiger partial charge in [0.15, 0.2) is 0 Å². The molecular weight excluding hydrogens is 198 g/mol. The van der Waals surface area contributed by atoms with E-state index >= 15 is 0 Å². The summed E-state index contributed by atoms with van der Waals surface area (Å²) in [5, 5.41) is 12.8. The van der Waals surface area contributed by atoms with Gasteiger partial charge in [-0.25, -0.2) is 0 Å². The lowest BCUT2D eigenvalue weighted by Crippen LogP contribution is -2.22. The molecule has 0 fully saturated rings. The Kier molecular flexibility index (Phi) is 3.49. The van der Waals surface area contributed by atoms with Crippen molar-refractivity contribution in [3.8, 4) is 0 Å². The van der Waals surface area contributed by atoms with Crippen molar-refractivity contribution >= 4 is 5.69 Å². The van der Waals surface area contributed by atoms with E-state index in [1.54, 1.807) is 0 Å². The van der Waals surface area contributed by atoms with Crippen LogP contribution < -0.4 is 5.32 Å². The Morgan fingerprint density at radius 1 is 1.50 bits per heavy atom. The summed E-state index contributed by atoms with van der Waals surface area (Å²) in [5.74, 6) is 0. The number of aliphatic hydroxyl groups is 1. The Balaban J connectivity index is 2.09. The minimum atomic E-state index is -0.206. The van der Waals surface area contributed by atoms with Crippen LogP contribution in [0.15, 0.2) is 18.2 Å². The molecule has 0 aromatic heterocycles. The summed E-state index contributed by atoms with van der Waals surface area (Å²) in [6.45, 7) is 4.07. The standard InChI is InChI=1S/C14H21NO/c1-10-3-7-13-8-6-12(5-4-11(2)16)9-14(13)15-10/h6,8-11,15-16H,3-5,7H2,1-2H3/t10-,11+/m0/s1. The molecule has 0 unspecified atom stereocenters. The highest BCUT2D eigenvalue weighted by molar-refractivity contribution is 5.55. The van der Waals surface area contributed by atoms with Crippen molar-refractivity contribution in [1.29, 1.82) is 0 Å². The molecule has 2 N–H and O–H groups in total. The molecule has 1 aromatic rings. The van der Waals surface area contributed by atoms with Crippen LogP contribution in [0.4, 0.5) is 5.69 Å². The summed E-state index contributed by atoms with van der Waals surface area (Å²) < 4.78 is 0. The zero-order chi connectivity index (χ0) is 11.5. The van der Waals surface area contributed by atoms with Gasteiger partial charge in [-0.3, -0.25) is 0 Å². The minimum Gasteiger partial charge on any atom is -0.393 e. The molecule has 1 aliphatic rings. The molecule has 1 aromatic carbocycles. The molecule has 88 valence electrons. The molecule has 0 aliphatic carbocycles. The number of fused-ring (bicyclic) bond motifs is 1. The lowest BCUT2D eigenvalue weighted by atomic mass is 9.96. The van der Waals surface area contributed by atoms with Crippen LogP contribution >= 0.6 is 0 Å². The average Bonchev–Trinajstić information content (AvgIpc) is 2.25.